The molecule has 0 saturated heterocycles. The minimum atomic E-state index is 0.767. The summed E-state index contributed by atoms with van der Waals surface area (Å²) in [4.78, 5) is 4.59. The molecule has 0 fully saturated rings. The first-order valence-electron chi connectivity index (χ1n) is 5.92. The molecule has 0 aliphatic rings. The fraction of sp³-hybridized carbons (Fsp3) is 0.500. The van der Waals surface area contributed by atoms with Crippen molar-refractivity contribution in [3.05, 3.63) is 34.0 Å². The van der Waals surface area contributed by atoms with Crippen LogP contribution < -0.4 is 5.32 Å². The molecule has 17 heavy (non-hydrogen) atoms. The van der Waals surface area contributed by atoms with E-state index in [-0.39, 0.29) is 0 Å². The minimum Gasteiger partial charge on any atom is -0.310 e. The van der Waals surface area contributed by atoms with E-state index in [1.54, 1.807) is 11.3 Å². The predicted octanol–water partition coefficient (Wildman–Crippen LogP) is 2.20. The molecule has 0 unspecified atom stereocenters. The third kappa shape index (κ3) is 3.38. The van der Waals surface area contributed by atoms with Crippen LogP contribution in [-0.4, -0.2) is 21.3 Å². The molecule has 0 radical (unpaired) electrons. The largest absolute Gasteiger partial charge is 0.310 e. The van der Waals surface area contributed by atoms with Gasteiger partial charge in [0, 0.05) is 23.8 Å². The van der Waals surface area contributed by atoms with E-state index in [2.05, 4.69) is 34.6 Å². The molecule has 4 nitrogen and oxygen atoms in total. The standard InChI is InChI=1S/C12H18N4S/c1-3-5-13-7-12-15-11(9-17-12)8-16-10(2)4-6-14-16/h4,6,9,13H,3,5,7-8H2,1-2H3. The van der Waals surface area contributed by atoms with Gasteiger partial charge in [-0.1, -0.05) is 6.92 Å². The third-order valence-corrected chi connectivity index (χ3v) is 3.44. The molecule has 92 valence electrons. The summed E-state index contributed by atoms with van der Waals surface area (Å²) in [6, 6.07) is 2.01. The van der Waals surface area contributed by atoms with Crippen molar-refractivity contribution in [1.82, 2.24) is 20.1 Å². The number of rotatable bonds is 6. The van der Waals surface area contributed by atoms with Crippen molar-refractivity contribution >= 4 is 11.3 Å². The Bertz CT molecular complexity index is 461. The third-order valence-electron chi connectivity index (χ3n) is 2.54. The minimum absolute atomic E-state index is 0.767. The van der Waals surface area contributed by atoms with Crippen molar-refractivity contribution in [2.24, 2.45) is 0 Å². The van der Waals surface area contributed by atoms with Gasteiger partial charge >= 0.3 is 0 Å². The fourth-order valence-electron chi connectivity index (χ4n) is 1.59. The molecule has 2 aromatic heterocycles. The first kappa shape index (κ1) is 12.3. The van der Waals surface area contributed by atoms with E-state index in [4.69, 9.17) is 0 Å². The van der Waals surface area contributed by atoms with Crippen LogP contribution in [0.4, 0.5) is 0 Å². The van der Waals surface area contributed by atoms with Gasteiger partial charge in [-0.05, 0) is 26.0 Å². The van der Waals surface area contributed by atoms with Crippen molar-refractivity contribution in [2.45, 2.75) is 33.4 Å². The zero-order valence-corrected chi connectivity index (χ0v) is 11.1. The van der Waals surface area contributed by atoms with Gasteiger partial charge in [-0.15, -0.1) is 11.3 Å². The van der Waals surface area contributed by atoms with Gasteiger partial charge in [0.15, 0.2) is 0 Å². The second-order valence-corrected chi connectivity index (χ2v) is 4.98. The summed E-state index contributed by atoms with van der Waals surface area (Å²) in [6.45, 7) is 6.91. The lowest BCUT2D eigenvalue weighted by Gasteiger charge is -2.01. The number of nitrogens with zero attached hydrogens (tertiary/aromatic N) is 3. The second-order valence-electron chi connectivity index (χ2n) is 4.04. The molecule has 0 atom stereocenters. The van der Waals surface area contributed by atoms with Crippen LogP contribution in [0.1, 0.15) is 29.7 Å². The lowest BCUT2D eigenvalue weighted by Crippen LogP contribution is -2.13. The molecule has 0 aliphatic carbocycles. The molecule has 0 bridgehead atoms. The molecule has 0 amide bonds. The summed E-state index contributed by atoms with van der Waals surface area (Å²) in [5.74, 6) is 0. The number of hydrogen-bond acceptors (Lipinski definition) is 4. The average molecular weight is 250 g/mol. The monoisotopic (exact) mass is 250 g/mol. The molecule has 0 aromatic carbocycles. The lowest BCUT2D eigenvalue weighted by molar-refractivity contribution is 0.644. The van der Waals surface area contributed by atoms with E-state index < -0.39 is 0 Å². The van der Waals surface area contributed by atoms with Gasteiger partial charge in [0.1, 0.15) is 5.01 Å². The fourth-order valence-corrected chi connectivity index (χ4v) is 2.35. The zero-order valence-electron chi connectivity index (χ0n) is 10.3. The zero-order chi connectivity index (χ0) is 12.1. The summed E-state index contributed by atoms with van der Waals surface area (Å²) >= 11 is 1.71. The molecular weight excluding hydrogens is 232 g/mol. The highest BCUT2D eigenvalue weighted by Crippen LogP contribution is 2.11. The van der Waals surface area contributed by atoms with Gasteiger partial charge in [0.05, 0.1) is 12.2 Å². The van der Waals surface area contributed by atoms with E-state index in [1.807, 2.05) is 16.9 Å². The Hall–Kier alpha value is -1.20. The predicted molar refractivity (Wildman–Crippen MR) is 70.2 cm³/mol. The molecule has 2 aromatic rings. The van der Waals surface area contributed by atoms with E-state index in [1.165, 1.54) is 5.69 Å². The van der Waals surface area contributed by atoms with Crippen molar-refractivity contribution in [3.8, 4) is 0 Å². The van der Waals surface area contributed by atoms with Gasteiger partial charge in [0.25, 0.3) is 0 Å². The maximum atomic E-state index is 4.59. The molecule has 2 rings (SSSR count). The maximum Gasteiger partial charge on any atom is 0.107 e. The van der Waals surface area contributed by atoms with Crippen molar-refractivity contribution < 1.29 is 0 Å². The Morgan fingerprint density at radius 1 is 1.47 bits per heavy atom. The van der Waals surface area contributed by atoms with Crippen LogP contribution in [0.3, 0.4) is 0 Å². The van der Waals surface area contributed by atoms with E-state index in [0.29, 0.717) is 0 Å². The molecule has 2 heterocycles. The van der Waals surface area contributed by atoms with Crippen molar-refractivity contribution in [3.63, 3.8) is 0 Å². The first-order chi connectivity index (χ1) is 8.29. The topological polar surface area (TPSA) is 42.7 Å². The van der Waals surface area contributed by atoms with Gasteiger partial charge in [0.2, 0.25) is 0 Å². The van der Waals surface area contributed by atoms with Crippen LogP contribution in [0.5, 0.6) is 0 Å². The molecule has 0 spiro atoms. The molecule has 0 aliphatic heterocycles. The number of nitrogens with one attached hydrogen (secondary N) is 1. The van der Waals surface area contributed by atoms with Crippen LogP contribution in [-0.2, 0) is 13.1 Å². The van der Waals surface area contributed by atoms with Crippen LogP contribution in [0.25, 0.3) is 0 Å². The summed E-state index contributed by atoms with van der Waals surface area (Å²) in [5, 5.41) is 10.9. The van der Waals surface area contributed by atoms with Crippen LogP contribution in [0.2, 0.25) is 0 Å². The Morgan fingerprint density at radius 3 is 3.06 bits per heavy atom. The quantitative estimate of drug-likeness (QED) is 0.799. The van der Waals surface area contributed by atoms with Crippen LogP contribution in [0, 0.1) is 6.92 Å². The van der Waals surface area contributed by atoms with Gasteiger partial charge in [-0.3, -0.25) is 4.68 Å². The Balaban J connectivity index is 1.92. The summed E-state index contributed by atoms with van der Waals surface area (Å²) in [7, 11) is 0. The van der Waals surface area contributed by atoms with Gasteiger partial charge in [-0.2, -0.15) is 5.10 Å². The maximum absolute atomic E-state index is 4.59. The molecule has 0 saturated carbocycles. The lowest BCUT2D eigenvalue weighted by atomic mass is 10.4. The van der Waals surface area contributed by atoms with Gasteiger partial charge in [-0.25, -0.2) is 4.98 Å². The molecular formula is C12H18N4S. The normalized spacial score (nSPS) is 10.9. The van der Waals surface area contributed by atoms with E-state index >= 15 is 0 Å². The second kappa shape index (κ2) is 5.93. The van der Waals surface area contributed by atoms with Crippen LogP contribution in [0.15, 0.2) is 17.6 Å². The van der Waals surface area contributed by atoms with E-state index in [9.17, 15) is 0 Å². The highest BCUT2D eigenvalue weighted by Gasteiger charge is 2.04. The number of aromatic nitrogens is 3. The highest BCUT2D eigenvalue weighted by molar-refractivity contribution is 7.09. The van der Waals surface area contributed by atoms with E-state index in [0.717, 1.165) is 36.8 Å². The van der Waals surface area contributed by atoms with Gasteiger partial charge < -0.3 is 5.32 Å². The van der Waals surface area contributed by atoms with Crippen molar-refractivity contribution in [1.29, 1.82) is 0 Å². The molecule has 1 N–H and O–H groups in total. The SMILES string of the molecule is CCCNCc1nc(Cn2nccc2C)cs1. The average Bonchev–Trinajstić information content (AvgIpc) is 2.91. The first-order valence-corrected chi connectivity index (χ1v) is 6.80. The molecule has 5 heteroatoms. The summed E-state index contributed by atoms with van der Waals surface area (Å²) in [6.07, 6.45) is 2.98. The Morgan fingerprint density at radius 2 is 2.35 bits per heavy atom. The summed E-state index contributed by atoms with van der Waals surface area (Å²) < 4.78 is 1.97. The van der Waals surface area contributed by atoms with Crippen molar-refractivity contribution in [2.75, 3.05) is 6.54 Å². The number of aryl methyl sites for hydroxylation is 1. The summed E-state index contributed by atoms with van der Waals surface area (Å²) in [5.41, 5.74) is 2.26. The number of thiazole rings is 1. The Kier molecular flexibility index (Phi) is 4.28. The Labute approximate surface area is 106 Å². The smallest absolute Gasteiger partial charge is 0.107 e. The van der Waals surface area contributed by atoms with Crippen LogP contribution >= 0.6 is 11.3 Å². The number of hydrogen-bond donors (Lipinski definition) is 1. The highest BCUT2D eigenvalue weighted by atomic mass is 32.1.